The highest BCUT2D eigenvalue weighted by atomic mass is 16.2. The van der Waals surface area contributed by atoms with E-state index in [0.29, 0.717) is 23.8 Å². The molecule has 3 N–H and O–H groups in total. The highest BCUT2D eigenvalue weighted by Crippen LogP contribution is 2.59. The molecule has 0 radical (unpaired) electrons. The maximum atomic E-state index is 12.4. The van der Waals surface area contributed by atoms with Gasteiger partial charge in [-0.3, -0.25) is 4.79 Å². The van der Waals surface area contributed by atoms with Gasteiger partial charge in [0.1, 0.15) is 0 Å². The fourth-order valence-corrected chi connectivity index (χ4v) is 4.24. The molecule has 0 heterocycles. The third-order valence-electron chi connectivity index (χ3n) is 5.47. The molecule has 0 aromatic heterocycles. The summed E-state index contributed by atoms with van der Waals surface area (Å²) in [7, 11) is 0. The Morgan fingerprint density at radius 2 is 2.10 bits per heavy atom. The zero-order valence-corrected chi connectivity index (χ0v) is 11.7. The molecule has 2 saturated carbocycles. The fourth-order valence-electron chi connectivity index (χ4n) is 4.24. The normalized spacial score (nSPS) is 37.4. The molecule has 106 valence electrons. The van der Waals surface area contributed by atoms with Crippen LogP contribution in [0.3, 0.4) is 0 Å². The number of carbonyl (C=O) groups is 1. The molecule has 20 heavy (non-hydrogen) atoms. The van der Waals surface area contributed by atoms with Crippen LogP contribution in [0.25, 0.3) is 0 Å². The van der Waals surface area contributed by atoms with Crippen LogP contribution in [0.5, 0.6) is 0 Å². The summed E-state index contributed by atoms with van der Waals surface area (Å²) in [5.74, 6) is 2.20. The SMILES string of the molecule is NC1CC(CNC(=O)C2C3CCc4ccccc4C32)C1. The Hall–Kier alpha value is -1.35. The molecule has 1 aromatic rings. The molecule has 0 aliphatic heterocycles. The second-order valence-corrected chi connectivity index (χ2v) is 6.80. The van der Waals surface area contributed by atoms with Crippen molar-refractivity contribution in [1.82, 2.24) is 5.32 Å². The number of aryl methyl sites for hydroxylation is 1. The van der Waals surface area contributed by atoms with Gasteiger partial charge in [0.2, 0.25) is 5.91 Å². The molecule has 0 spiro atoms. The number of nitrogens with two attached hydrogens (primary N) is 1. The van der Waals surface area contributed by atoms with E-state index in [4.69, 9.17) is 5.73 Å². The highest BCUT2D eigenvalue weighted by Gasteiger charge is 2.56. The predicted molar refractivity (Wildman–Crippen MR) is 78.2 cm³/mol. The lowest BCUT2D eigenvalue weighted by Crippen LogP contribution is -2.43. The molecule has 3 nitrogen and oxygen atoms in total. The van der Waals surface area contributed by atoms with Crippen LogP contribution in [-0.4, -0.2) is 18.5 Å². The average molecular weight is 270 g/mol. The van der Waals surface area contributed by atoms with Gasteiger partial charge in [-0.1, -0.05) is 24.3 Å². The summed E-state index contributed by atoms with van der Waals surface area (Å²) >= 11 is 0. The van der Waals surface area contributed by atoms with Crippen molar-refractivity contribution in [1.29, 1.82) is 0 Å². The molecule has 3 aliphatic rings. The van der Waals surface area contributed by atoms with Gasteiger partial charge < -0.3 is 11.1 Å². The van der Waals surface area contributed by atoms with E-state index in [1.807, 2.05) is 0 Å². The van der Waals surface area contributed by atoms with E-state index in [1.54, 1.807) is 0 Å². The minimum absolute atomic E-state index is 0.229. The zero-order chi connectivity index (χ0) is 13.7. The number of benzene rings is 1. The summed E-state index contributed by atoms with van der Waals surface area (Å²) in [6.45, 7) is 0.824. The molecule has 3 heteroatoms. The van der Waals surface area contributed by atoms with Gasteiger partial charge in [-0.15, -0.1) is 0 Å². The third kappa shape index (κ3) is 1.96. The minimum Gasteiger partial charge on any atom is -0.356 e. The second kappa shape index (κ2) is 4.59. The van der Waals surface area contributed by atoms with E-state index in [0.717, 1.165) is 25.8 Å². The number of amides is 1. The van der Waals surface area contributed by atoms with E-state index >= 15 is 0 Å². The van der Waals surface area contributed by atoms with Crippen LogP contribution in [0.1, 0.15) is 36.3 Å². The second-order valence-electron chi connectivity index (χ2n) is 6.80. The van der Waals surface area contributed by atoms with Crippen molar-refractivity contribution in [2.45, 2.75) is 37.6 Å². The van der Waals surface area contributed by atoms with Gasteiger partial charge in [-0.25, -0.2) is 0 Å². The fraction of sp³-hybridized carbons (Fsp3) is 0.588. The molecule has 3 aliphatic carbocycles. The lowest BCUT2D eigenvalue weighted by atomic mass is 9.81. The number of fused-ring (bicyclic) bond motifs is 3. The molecule has 0 saturated heterocycles. The summed E-state index contributed by atoms with van der Waals surface area (Å²) in [6, 6.07) is 9.01. The molecular weight excluding hydrogens is 248 g/mol. The molecule has 0 bridgehead atoms. The number of hydrogen-bond acceptors (Lipinski definition) is 2. The van der Waals surface area contributed by atoms with Crippen molar-refractivity contribution in [2.24, 2.45) is 23.5 Å². The van der Waals surface area contributed by atoms with E-state index < -0.39 is 0 Å². The van der Waals surface area contributed by atoms with Gasteiger partial charge in [0.25, 0.3) is 0 Å². The van der Waals surface area contributed by atoms with Crippen molar-refractivity contribution < 1.29 is 4.79 Å². The van der Waals surface area contributed by atoms with Crippen molar-refractivity contribution >= 4 is 5.91 Å². The Morgan fingerprint density at radius 3 is 2.90 bits per heavy atom. The van der Waals surface area contributed by atoms with E-state index in [9.17, 15) is 4.79 Å². The first-order valence-electron chi connectivity index (χ1n) is 7.85. The lowest BCUT2D eigenvalue weighted by Gasteiger charge is -2.32. The standard InChI is InChI=1S/C17H22N2O/c18-12-7-10(8-12)9-19-17(20)16-14-6-5-11-3-1-2-4-13(11)15(14)16/h1-4,10,12,14-16H,5-9,18H2,(H,19,20). The number of hydrogen-bond donors (Lipinski definition) is 2. The van der Waals surface area contributed by atoms with Crippen LogP contribution in [0.15, 0.2) is 24.3 Å². The van der Waals surface area contributed by atoms with Crippen LogP contribution in [0, 0.1) is 17.8 Å². The van der Waals surface area contributed by atoms with Gasteiger partial charge >= 0.3 is 0 Å². The Morgan fingerprint density at radius 1 is 1.30 bits per heavy atom. The van der Waals surface area contributed by atoms with Crippen molar-refractivity contribution in [2.75, 3.05) is 6.54 Å². The quantitative estimate of drug-likeness (QED) is 0.880. The Kier molecular flexibility index (Phi) is 2.84. The Balaban J connectivity index is 1.38. The zero-order valence-electron chi connectivity index (χ0n) is 11.7. The van der Waals surface area contributed by atoms with Gasteiger partial charge in [-0.2, -0.15) is 0 Å². The molecular formula is C17H22N2O. The summed E-state index contributed by atoms with van der Waals surface area (Å²) in [5, 5.41) is 3.16. The number of carbonyl (C=O) groups excluding carboxylic acids is 1. The Bertz CT molecular complexity index is 536. The lowest BCUT2D eigenvalue weighted by molar-refractivity contribution is -0.123. The van der Waals surface area contributed by atoms with Crippen LogP contribution in [0.2, 0.25) is 0 Å². The average Bonchev–Trinajstić information content (AvgIpc) is 3.17. The molecule has 1 aromatic carbocycles. The first-order chi connectivity index (χ1) is 9.74. The first kappa shape index (κ1) is 12.4. The molecule has 3 atom stereocenters. The van der Waals surface area contributed by atoms with Gasteiger partial charge in [0.15, 0.2) is 0 Å². The van der Waals surface area contributed by atoms with E-state index in [2.05, 4.69) is 29.6 Å². The van der Waals surface area contributed by atoms with Crippen LogP contribution < -0.4 is 11.1 Å². The van der Waals surface area contributed by atoms with Crippen LogP contribution in [0.4, 0.5) is 0 Å². The van der Waals surface area contributed by atoms with Crippen molar-refractivity contribution in [3.8, 4) is 0 Å². The van der Waals surface area contributed by atoms with E-state index in [-0.39, 0.29) is 11.8 Å². The highest BCUT2D eigenvalue weighted by molar-refractivity contribution is 5.84. The third-order valence-corrected chi connectivity index (χ3v) is 5.47. The largest absolute Gasteiger partial charge is 0.356 e. The van der Waals surface area contributed by atoms with Gasteiger partial charge in [0.05, 0.1) is 0 Å². The predicted octanol–water partition coefficient (Wildman–Crippen LogP) is 1.82. The maximum absolute atomic E-state index is 12.4. The first-order valence-corrected chi connectivity index (χ1v) is 7.85. The smallest absolute Gasteiger partial charge is 0.224 e. The van der Waals surface area contributed by atoms with Gasteiger partial charge in [0, 0.05) is 18.5 Å². The maximum Gasteiger partial charge on any atom is 0.224 e. The van der Waals surface area contributed by atoms with Crippen LogP contribution in [-0.2, 0) is 11.2 Å². The van der Waals surface area contributed by atoms with Crippen LogP contribution >= 0.6 is 0 Å². The van der Waals surface area contributed by atoms with Gasteiger partial charge in [-0.05, 0) is 54.6 Å². The number of nitrogens with one attached hydrogen (secondary N) is 1. The Labute approximate surface area is 119 Å². The molecule has 3 unspecified atom stereocenters. The van der Waals surface area contributed by atoms with E-state index in [1.165, 1.54) is 17.5 Å². The summed E-state index contributed by atoms with van der Waals surface area (Å²) < 4.78 is 0. The number of rotatable bonds is 3. The van der Waals surface area contributed by atoms with Crippen molar-refractivity contribution in [3.63, 3.8) is 0 Å². The molecule has 4 rings (SSSR count). The summed E-state index contributed by atoms with van der Waals surface area (Å²) in [6.07, 6.45) is 4.45. The molecule has 2 fully saturated rings. The molecule has 1 amide bonds. The topological polar surface area (TPSA) is 55.1 Å². The van der Waals surface area contributed by atoms with Crippen molar-refractivity contribution in [3.05, 3.63) is 35.4 Å². The minimum atomic E-state index is 0.229. The summed E-state index contributed by atoms with van der Waals surface area (Å²) in [4.78, 5) is 12.4. The summed E-state index contributed by atoms with van der Waals surface area (Å²) in [5.41, 5.74) is 8.66. The monoisotopic (exact) mass is 270 g/mol.